The van der Waals surface area contributed by atoms with Crippen molar-refractivity contribution in [1.82, 2.24) is 5.32 Å². The Balaban J connectivity index is 4.98. The molecule has 2 N–H and O–H groups in total. The highest BCUT2D eigenvalue weighted by atomic mass is 31.2. The second-order valence-electron chi connectivity index (χ2n) is 7.18. The lowest BCUT2D eigenvalue weighted by atomic mass is 10.4. The van der Waals surface area contributed by atoms with Crippen molar-refractivity contribution in [2.45, 2.75) is 38.0 Å². The van der Waals surface area contributed by atoms with Gasteiger partial charge in [0.1, 0.15) is 13.7 Å². The minimum absolute atomic E-state index is 0.0820. The summed E-state index contributed by atoms with van der Waals surface area (Å²) in [6, 6.07) is 0. The number of hydrogen-bond donors (Lipinski definition) is 2. The largest absolute Gasteiger partial charge is 0.462 e. The number of esters is 2. The van der Waals surface area contributed by atoms with E-state index in [0.29, 0.717) is 0 Å². The number of carbonyl (C=O) groups is 2. The van der Waals surface area contributed by atoms with Crippen LogP contribution in [0.1, 0.15) is 26.7 Å². The molecule has 0 aliphatic heterocycles. The number of ether oxygens (including phenoxy) is 2. The molecule has 196 valence electrons. The van der Waals surface area contributed by atoms with Gasteiger partial charge < -0.3 is 37.2 Å². The third kappa shape index (κ3) is 10.3. The molecule has 0 aromatic carbocycles. The molecule has 0 heterocycles. The molecule has 0 aromatic rings. The van der Waals surface area contributed by atoms with Crippen LogP contribution in [0.25, 0.3) is 0 Å². The first-order chi connectivity index (χ1) is 15.1. The maximum atomic E-state index is 12.7. The molecule has 16 heteroatoms. The van der Waals surface area contributed by atoms with Crippen LogP contribution in [0.4, 0.5) is 0 Å². The predicted molar refractivity (Wildman–Crippen MR) is 121 cm³/mol. The topological polar surface area (TPSA) is 173 Å². The molecule has 0 spiro atoms. The van der Waals surface area contributed by atoms with Gasteiger partial charge in [-0.3, -0.25) is 24.0 Å². The number of aliphatic hydroxyl groups is 1. The lowest BCUT2D eigenvalue weighted by molar-refractivity contribution is -0.160. The summed E-state index contributed by atoms with van der Waals surface area (Å²) < 4.78 is 67.9. The fraction of sp³-hybridized carbons (Fsp3) is 0.882. The third-order valence-electron chi connectivity index (χ3n) is 4.20. The Morgan fingerprint density at radius 1 is 0.939 bits per heavy atom. The van der Waals surface area contributed by atoms with Crippen molar-refractivity contribution in [1.29, 1.82) is 0 Å². The Morgan fingerprint density at radius 3 is 1.94 bits per heavy atom. The Labute approximate surface area is 194 Å². The minimum Gasteiger partial charge on any atom is -0.462 e. The van der Waals surface area contributed by atoms with Gasteiger partial charge in [-0.1, -0.05) is 13.8 Å². The van der Waals surface area contributed by atoms with Crippen molar-refractivity contribution < 1.29 is 56.0 Å². The molecule has 0 aliphatic rings. The van der Waals surface area contributed by atoms with Crippen molar-refractivity contribution >= 4 is 34.3 Å². The second-order valence-corrected chi connectivity index (χ2v) is 15.3. The van der Waals surface area contributed by atoms with Crippen LogP contribution in [0.3, 0.4) is 0 Å². The second kappa shape index (κ2) is 14.1. The molecule has 0 fully saturated rings. The fourth-order valence-corrected chi connectivity index (χ4v) is 7.51. The first kappa shape index (κ1) is 32.4. The van der Waals surface area contributed by atoms with Crippen LogP contribution < -0.4 is 5.32 Å². The van der Waals surface area contributed by atoms with Gasteiger partial charge in [-0.05, 0) is 13.3 Å². The predicted octanol–water partition coefficient (Wildman–Crippen LogP) is 2.42. The summed E-state index contributed by atoms with van der Waals surface area (Å²) >= 11 is 0. The van der Waals surface area contributed by atoms with Crippen molar-refractivity contribution in [2.24, 2.45) is 0 Å². The highest BCUT2D eigenvalue weighted by molar-refractivity contribution is 7.78. The Kier molecular flexibility index (Phi) is 13.8. The summed E-state index contributed by atoms with van der Waals surface area (Å²) in [6.07, 6.45) is -0.780. The summed E-state index contributed by atoms with van der Waals surface area (Å²) in [5, 5.41) is 10.7. The molecule has 0 saturated carbocycles. The SMILES string of the molecule is CCC(=O)OCC(COP(C)(=O)OCCNC(O)(P(C)(C)=O)P(=O)(OC)OC)OC(=O)CC. The van der Waals surface area contributed by atoms with E-state index in [-0.39, 0.29) is 39.2 Å². The monoisotopic (exact) mass is 539 g/mol. The fourth-order valence-electron chi connectivity index (χ4n) is 2.27. The molecular weight excluding hydrogens is 503 g/mol. The number of rotatable bonds is 17. The number of nitrogens with one attached hydrogen (secondary N) is 1. The van der Waals surface area contributed by atoms with Crippen molar-refractivity contribution in [3.63, 3.8) is 0 Å². The molecule has 0 amide bonds. The van der Waals surface area contributed by atoms with E-state index in [2.05, 4.69) is 5.32 Å². The van der Waals surface area contributed by atoms with Gasteiger partial charge in [-0.2, -0.15) is 0 Å². The average molecular weight is 539 g/mol. The Bertz CT molecular complexity index is 777. The summed E-state index contributed by atoms with van der Waals surface area (Å²) in [6.45, 7) is 5.53. The van der Waals surface area contributed by atoms with Crippen LogP contribution in [0, 0.1) is 0 Å². The van der Waals surface area contributed by atoms with Crippen LogP contribution in [-0.2, 0) is 50.9 Å². The van der Waals surface area contributed by atoms with Crippen LogP contribution in [-0.4, -0.2) is 88.9 Å². The molecular formula is C17H36NO12P3. The molecule has 0 aromatic heterocycles. The molecule has 13 nitrogen and oxygen atoms in total. The lowest BCUT2D eigenvalue weighted by Crippen LogP contribution is -2.46. The molecule has 0 saturated heterocycles. The first-order valence-corrected chi connectivity index (χ1v) is 16.2. The van der Waals surface area contributed by atoms with Crippen LogP contribution >= 0.6 is 22.3 Å². The van der Waals surface area contributed by atoms with Crippen molar-refractivity contribution in [3.8, 4) is 0 Å². The van der Waals surface area contributed by atoms with E-state index in [1.165, 1.54) is 13.3 Å². The number of carbonyl (C=O) groups excluding carboxylic acids is 2. The van der Waals surface area contributed by atoms with Gasteiger partial charge in [0.25, 0.3) is 5.21 Å². The van der Waals surface area contributed by atoms with Gasteiger partial charge >= 0.3 is 27.1 Å². The van der Waals surface area contributed by atoms with Gasteiger partial charge in [0, 0.05) is 40.3 Å². The third-order valence-corrected chi connectivity index (χ3v) is 11.2. The van der Waals surface area contributed by atoms with E-state index in [1.807, 2.05) is 0 Å². The maximum Gasteiger partial charge on any atom is 0.384 e. The maximum absolute atomic E-state index is 12.7. The van der Waals surface area contributed by atoms with E-state index in [0.717, 1.165) is 20.9 Å². The molecule has 33 heavy (non-hydrogen) atoms. The number of hydrogen-bond acceptors (Lipinski definition) is 13. The summed E-state index contributed by atoms with van der Waals surface area (Å²) in [5.74, 6) is -1.06. The van der Waals surface area contributed by atoms with Gasteiger partial charge in [-0.25, -0.2) is 0 Å². The molecule has 3 unspecified atom stereocenters. The van der Waals surface area contributed by atoms with Crippen LogP contribution in [0.2, 0.25) is 0 Å². The highest BCUT2D eigenvalue weighted by Crippen LogP contribution is 2.70. The normalized spacial score (nSPS) is 17.0. The smallest absolute Gasteiger partial charge is 0.384 e. The minimum atomic E-state index is -4.23. The van der Waals surface area contributed by atoms with Crippen LogP contribution in [0.5, 0.6) is 0 Å². The molecule has 0 aliphatic carbocycles. The molecule has 0 radical (unpaired) electrons. The van der Waals surface area contributed by atoms with E-state index in [1.54, 1.807) is 13.8 Å². The standard InChI is InChI=1S/C17H36NO12P3/c1-8-15(19)27-12-14(30-16(20)9-2)13-29-32(7,23)28-11-10-18-17(21,31(5,6)22)33(24,25-3)26-4/h14,18,21H,8-13H2,1-7H3. The summed E-state index contributed by atoms with van der Waals surface area (Å²) in [5.41, 5.74) is 0. The van der Waals surface area contributed by atoms with E-state index < -0.39 is 45.6 Å². The quantitative estimate of drug-likeness (QED) is 0.120. The first-order valence-electron chi connectivity index (χ1n) is 10.1. The summed E-state index contributed by atoms with van der Waals surface area (Å²) in [7, 11) is -9.34. The van der Waals surface area contributed by atoms with Gasteiger partial charge in [0.2, 0.25) is 0 Å². The van der Waals surface area contributed by atoms with Crippen molar-refractivity contribution in [2.75, 3.05) is 60.6 Å². The molecule has 3 atom stereocenters. The van der Waals surface area contributed by atoms with Crippen molar-refractivity contribution in [3.05, 3.63) is 0 Å². The van der Waals surface area contributed by atoms with Gasteiger partial charge in [-0.15, -0.1) is 0 Å². The Hall–Kier alpha value is -0.610. The molecule has 0 bridgehead atoms. The zero-order valence-corrected chi connectivity index (χ0v) is 22.8. The van der Waals surface area contributed by atoms with Crippen LogP contribution in [0.15, 0.2) is 0 Å². The Morgan fingerprint density at radius 2 is 1.48 bits per heavy atom. The lowest BCUT2D eigenvalue weighted by Gasteiger charge is -2.36. The summed E-state index contributed by atoms with van der Waals surface area (Å²) in [4.78, 5) is 22.9. The molecule has 0 rings (SSSR count). The zero-order valence-electron chi connectivity index (χ0n) is 20.1. The zero-order chi connectivity index (χ0) is 25.9. The van der Waals surface area contributed by atoms with Gasteiger partial charge in [0.05, 0.1) is 13.2 Å². The van der Waals surface area contributed by atoms with E-state index in [4.69, 9.17) is 27.6 Å². The average Bonchev–Trinajstić information content (AvgIpc) is 2.76. The van der Waals surface area contributed by atoms with Gasteiger partial charge in [0.15, 0.2) is 6.10 Å². The van der Waals surface area contributed by atoms with E-state index in [9.17, 15) is 28.4 Å². The highest BCUT2D eigenvalue weighted by Gasteiger charge is 2.57. The van der Waals surface area contributed by atoms with E-state index >= 15 is 0 Å².